The second-order valence-electron chi connectivity index (χ2n) is 4.28. The predicted octanol–water partition coefficient (Wildman–Crippen LogP) is 3.44. The maximum atomic E-state index is 5.83. The number of isothiocyanates is 1. The van der Waals surface area contributed by atoms with E-state index in [0.717, 1.165) is 18.6 Å². The van der Waals surface area contributed by atoms with E-state index in [0.29, 0.717) is 13.2 Å². The molecule has 0 atom stereocenters. The van der Waals surface area contributed by atoms with Crippen LogP contribution in [0.1, 0.15) is 30.4 Å². The van der Waals surface area contributed by atoms with Crippen molar-refractivity contribution >= 4 is 17.4 Å². The molecule has 0 spiro atoms. The molecule has 0 saturated heterocycles. The number of benzene rings is 1. The molecule has 0 heterocycles. The number of aryl methyl sites for hydroxylation is 1. The van der Waals surface area contributed by atoms with Crippen molar-refractivity contribution in [2.24, 2.45) is 4.99 Å². The molecule has 0 saturated carbocycles. The first-order valence-electron chi connectivity index (χ1n) is 6.19. The van der Waals surface area contributed by atoms with E-state index in [9.17, 15) is 0 Å². The fourth-order valence-corrected chi connectivity index (χ4v) is 2.34. The zero-order valence-corrected chi connectivity index (χ0v) is 10.8. The Kier molecular flexibility index (Phi) is 4.72. The quantitative estimate of drug-likeness (QED) is 0.451. The van der Waals surface area contributed by atoms with Crippen LogP contribution in [0.5, 0.6) is 5.75 Å². The fraction of sp³-hybridized carbons (Fsp3) is 0.500. The molecule has 0 N–H and O–H groups in total. The summed E-state index contributed by atoms with van der Waals surface area (Å²) in [6.07, 6.45) is 5.83. The Morgan fingerprint density at radius 3 is 3.06 bits per heavy atom. The van der Waals surface area contributed by atoms with Gasteiger partial charge in [-0.15, -0.1) is 0 Å². The lowest BCUT2D eigenvalue weighted by Gasteiger charge is -2.19. The van der Waals surface area contributed by atoms with Crippen LogP contribution in [0.4, 0.5) is 0 Å². The van der Waals surface area contributed by atoms with Crippen LogP contribution in [0.3, 0.4) is 0 Å². The number of fused-ring (bicyclic) bond motifs is 1. The highest BCUT2D eigenvalue weighted by molar-refractivity contribution is 7.78. The topological polar surface area (TPSA) is 21.6 Å². The van der Waals surface area contributed by atoms with Crippen molar-refractivity contribution < 1.29 is 4.74 Å². The standard InChI is InChI=1S/C14H17NOS/c17-11-15-9-4-10-16-14-8-3-6-12-5-1-2-7-13(12)14/h3,6,8H,1-2,4-5,7,9-10H2. The third kappa shape index (κ3) is 3.39. The molecule has 0 aromatic heterocycles. The highest BCUT2D eigenvalue weighted by Gasteiger charge is 2.13. The summed E-state index contributed by atoms with van der Waals surface area (Å²) >= 11 is 4.52. The van der Waals surface area contributed by atoms with E-state index in [1.165, 1.54) is 30.4 Å². The third-order valence-corrected chi connectivity index (χ3v) is 3.22. The van der Waals surface area contributed by atoms with Crippen LogP contribution < -0.4 is 4.74 Å². The Bertz CT molecular complexity index is 424. The third-order valence-electron chi connectivity index (χ3n) is 3.09. The normalized spacial score (nSPS) is 13.6. The zero-order chi connectivity index (χ0) is 11.9. The van der Waals surface area contributed by atoms with E-state index in [1.807, 2.05) is 0 Å². The van der Waals surface area contributed by atoms with Gasteiger partial charge in [0, 0.05) is 6.42 Å². The lowest BCUT2D eigenvalue weighted by atomic mass is 9.91. The van der Waals surface area contributed by atoms with E-state index in [-0.39, 0.29) is 0 Å². The van der Waals surface area contributed by atoms with Crippen LogP contribution in [0, 0.1) is 0 Å². The van der Waals surface area contributed by atoms with Crippen LogP contribution in [0.15, 0.2) is 23.2 Å². The Morgan fingerprint density at radius 2 is 2.18 bits per heavy atom. The molecule has 17 heavy (non-hydrogen) atoms. The van der Waals surface area contributed by atoms with Gasteiger partial charge in [-0.1, -0.05) is 12.1 Å². The van der Waals surface area contributed by atoms with Gasteiger partial charge in [-0.2, -0.15) is 0 Å². The molecule has 1 aromatic rings. The maximum Gasteiger partial charge on any atom is 0.122 e. The van der Waals surface area contributed by atoms with Crippen LogP contribution in [-0.2, 0) is 12.8 Å². The number of hydrogen-bond donors (Lipinski definition) is 0. The Labute approximate surface area is 108 Å². The maximum absolute atomic E-state index is 5.83. The van der Waals surface area contributed by atoms with Gasteiger partial charge < -0.3 is 4.74 Å². The monoisotopic (exact) mass is 247 g/mol. The largest absolute Gasteiger partial charge is 0.493 e. The Morgan fingerprint density at radius 1 is 1.29 bits per heavy atom. The highest BCUT2D eigenvalue weighted by Crippen LogP contribution is 2.29. The summed E-state index contributed by atoms with van der Waals surface area (Å²) in [5, 5.41) is 2.37. The predicted molar refractivity (Wildman–Crippen MR) is 73.1 cm³/mol. The van der Waals surface area contributed by atoms with Gasteiger partial charge >= 0.3 is 0 Å². The Balaban J connectivity index is 1.94. The van der Waals surface area contributed by atoms with Crippen LogP contribution in [0.2, 0.25) is 0 Å². The van der Waals surface area contributed by atoms with E-state index in [2.05, 4.69) is 40.6 Å². The minimum absolute atomic E-state index is 0.705. The lowest BCUT2D eigenvalue weighted by molar-refractivity contribution is 0.309. The molecular weight excluding hydrogens is 230 g/mol. The minimum Gasteiger partial charge on any atom is -0.493 e. The summed E-state index contributed by atoms with van der Waals surface area (Å²) in [6, 6.07) is 6.39. The van der Waals surface area contributed by atoms with Gasteiger partial charge in [0.25, 0.3) is 0 Å². The summed E-state index contributed by atoms with van der Waals surface area (Å²) < 4.78 is 5.83. The summed E-state index contributed by atoms with van der Waals surface area (Å²) in [6.45, 7) is 1.41. The molecule has 90 valence electrons. The van der Waals surface area contributed by atoms with Crippen molar-refractivity contribution in [3.63, 3.8) is 0 Å². The lowest BCUT2D eigenvalue weighted by Crippen LogP contribution is -2.07. The number of thiocarbonyl (C=S) groups is 1. The average Bonchev–Trinajstić information content (AvgIpc) is 2.39. The van der Waals surface area contributed by atoms with Gasteiger partial charge in [0.05, 0.1) is 18.3 Å². The minimum atomic E-state index is 0.705. The number of aliphatic imine (C=N–C) groups is 1. The zero-order valence-electron chi connectivity index (χ0n) is 9.95. The molecule has 1 aliphatic rings. The summed E-state index contributed by atoms with van der Waals surface area (Å²) in [4.78, 5) is 3.88. The fourth-order valence-electron chi connectivity index (χ4n) is 2.25. The average molecular weight is 247 g/mol. The summed E-state index contributed by atoms with van der Waals surface area (Å²) in [7, 11) is 0. The van der Waals surface area contributed by atoms with Gasteiger partial charge in [-0.3, -0.25) is 0 Å². The summed E-state index contributed by atoms with van der Waals surface area (Å²) in [5.41, 5.74) is 2.88. The smallest absolute Gasteiger partial charge is 0.122 e. The highest BCUT2D eigenvalue weighted by atomic mass is 32.1. The molecular formula is C14H17NOS. The molecule has 1 aliphatic carbocycles. The number of ether oxygens (including phenoxy) is 1. The number of hydrogen-bond acceptors (Lipinski definition) is 3. The van der Waals surface area contributed by atoms with Crippen molar-refractivity contribution in [2.75, 3.05) is 13.2 Å². The first-order valence-corrected chi connectivity index (χ1v) is 6.60. The SMILES string of the molecule is S=C=NCCCOc1cccc2c1CCCC2. The van der Waals surface area contributed by atoms with Gasteiger partial charge in [0.1, 0.15) is 5.75 Å². The van der Waals surface area contributed by atoms with Crippen molar-refractivity contribution in [3.05, 3.63) is 29.3 Å². The molecule has 2 nitrogen and oxygen atoms in total. The van der Waals surface area contributed by atoms with Crippen LogP contribution in [0.25, 0.3) is 0 Å². The molecule has 0 bridgehead atoms. The van der Waals surface area contributed by atoms with E-state index in [1.54, 1.807) is 0 Å². The first-order chi connectivity index (χ1) is 8.42. The molecule has 0 radical (unpaired) electrons. The van der Waals surface area contributed by atoms with E-state index in [4.69, 9.17) is 4.74 Å². The number of nitrogens with zero attached hydrogens (tertiary/aromatic N) is 1. The molecule has 1 aromatic carbocycles. The van der Waals surface area contributed by atoms with Crippen molar-refractivity contribution in [1.29, 1.82) is 0 Å². The molecule has 3 heteroatoms. The molecule has 2 rings (SSSR count). The summed E-state index contributed by atoms with van der Waals surface area (Å²) in [5.74, 6) is 1.06. The molecule has 0 aliphatic heterocycles. The van der Waals surface area contributed by atoms with E-state index < -0.39 is 0 Å². The molecule has 0 fully saturated rings. The first kappa shape index (κ1) is 12.3. The van der Waals surface area contributed by atoms with Gasteiger partial charge in [0.2, 0.25) is 0 Å². The molecule has 0 unspecified atom stereocenters. The van der Waals surface area contributed by atoms with Gasteiger partial charge in [0.15, 0.2) is 0 Å². The van der Waals surface area contributed by atoms with Crippen molar-refractivity contribution in [3.8, 4) is 5.75 Å². The Hall–Kier alpha value is -1.18. The van der Waals surface area contributed by atoms with Gasteiger partial charge in [-0.05, 0) is 55.1 Å². The second-order valence-corrected chi connectivity index (χ2v) is 4.46. The van der Waals surface area contributed by atoms with Crippen molar-refractivity contribution in [1.82, 2.24) is 0 Å². The van der Waals surface area contributed by atoms with Crippen LogP contribution in [-0.4, -0.2) is 18.3 Å². The molecule has 0 amide bonds. The van der Waals surface area contributed by atoms with Crippen molar-refractivity contribution in [2.45, 2.75) is 32.1 Å². The van der Waals surface area contributed by atoms with E-state index >= 15 is 0 Å². The second kappa shape index (κ2) is 6.53. The number of rotatable bonds is 5. The van der Waals surface area contributed by atoms with Crippen LogP contribution >= 0.6 is 12.2 Å². The van der Waals surface area contributed by atoms with Gasteiger partial charge in [-0.25, -0.2) is 4.99 Å².